The van der Waals surface area contributed by atoms with Crippen LogP contribution in [0.3, 0.4) is 0 Å². The van der Waals surface area contributed by atoms with E-state index >= 15 is 0 Å². The smallest absolute Gasteiger partial charge is 0.394 e. The lowest BCUT2D eigenvalue weighted by atomic mass is 9.98. The SMILES string of the molecule is COC1C(O)C(CO)OC(OC2OC(COP(=O)(O)O)C(O)C(O)C2F)C1O. The van der Waals surface area contributed by atoms with Gasteiger partial charge in [0.1, 0.15) is 42.7 Å². The van der Waals surface area contributed by atoms with Gasteiger partial charge in [-0.05, 0) is 0 Å². The van der Waals surface area contributed by atoms with Gasteiger partial charge in [0.15, 0.2) is 18.8 Å². The van der Waals surface area contributed by atoms with E-state index in [2.05, 4.69) is 4.52 Å². The number of phosphoric acid groups is 1. The Morgan fingerprint density at radius 3 is 2.11 bits per heavy atom. The van der Waals surface area contributed by atoms with Crippen LogP contribution in [0.25, 0.3) is 0 Å². The topological polar surface area (TPSA) is 205 Å². The average Bonchev–Trinajstić information content (AvgIpc) is 2.62. The minimum Gasteiger partial charge on any atom is -0.394 e. The van der Waals surface area contributed by atoms with Crippen LogP contribution < -0.4 is 0 Å². The van der Waals surface area contributed by atoms with E-state index in [9.17, 15) is 34.5 Å². The Balaban J connectivity index is 2.10. The van der Waals surface area contributed by atoms with Crippen LogP contribution in [0.1, 0.15) is 0 Å². The molecule has 13 nitrogen and oxygen atoms in total. The second-order valence-electron chi connectivity index (χ2n) is 6.30. The summed E-state index contributed by atoms with van der Waals surface area (Å²) in [6.07, 6.45) is -17.1. The Labute approximate surface area is 158 Å². The Hall–Kier alpha value is -0.320. The van der Waals surface area contributed by atoms with Crippen LogP contribution in [0.15, 0.2) is 0 Å². The van der Waals surface area contributed by atoms with Crippen molar-refractivity contribution in [3.8, 4) is 0 Å². The number of hydrogen-bond acceptors (Lipinski definition) is 11. The molecule has 10 atom stereocenters. The fourth-order valence-corrected chi connectivity index (χ4v) is 3.23. The maximum Gasteiger partial charge on any atom is 0.469 e. The van der Waals surface area contributed by atoms with E-state index in [1.54, 1.807) is 0 Å². The largest absolute Gasteiger partial charge is 0.469 e. The molecule has 2 rings (SSSR count). The molecular formula is C13H24FO13P. The van der Waals surface area contributed by atoms with E-state index < -0.39 is 82.5 Å². The number of hydrogen-bond donors (Lipinski definition) is 7. The zero-order valence-corrected chi connectivity index (χ0v) is 15.5. The van der Waals surface area contributed by atoms with Crippen LogP contribution in [0, 0.1) is 0 Å². The third kappa shape index (κ3) is 5.43. The summed E-state index contributed by atoms with van der Waals surface area (Å²) in [6, 6.07) is 0. The molecule has 28 heavy (non-hydrogen) atoms. The van der Waals surface area contributed by atoms with Crippen molar-refractivity contribution in [1.29, 1.82) is 0 Å². The summed E-state index contributed by atoms with van der Waals surface area (Å²) in [5, 5.41) is 49.0. The van der Waals surface area contributed by atoms with Crippen LogP contribution in [0.4, 0.5) is 4.39 Å². The number of halogens is 1. The molecule has 0 radical (unpaired) electrons. The van der Waals surface area contributed by atoms with Gasteiger partial charge >= 0.3 is 7.82 Å². The predicted molar refractivity (Wildman–Crippen MR) is 83.2 cm³/mol. The molecule has 0 aromatic carbocycles. The van der Waals surface area contributed by atoms with Crippen LogP contribution in [0.5, 0.6) is 0 Å². The number of rotatable bonds is 7. The molecule has 166 valence electrons. The minimum absolute atomic E-state index is 0.682. The number of ether oxygens (including phenoxy) is 4. The maximum absolute atomic E-state index is 14.3. The number of methoxy groups -OCH3 is 1. The van der Waals surface area contributed by atoms with Gasteiger partial charge in [-0.1, -0.05) is 0 Å². The molecule has 0 saturated carbocycles. The lowest BCUT2D eigenvalue weighted by Crippen LogP contribution is -2.63. The molecular weight excluding hydrogens is 414 g/mol. The molecule has 0 aliphatic carbocycles. The first-order valence-electron chi connectivity index (χ1n) is 8.16. The monoisotopic (exact) mass is 438 g/mol. The van der Waals surface area contributed by atoms with Gasteiger partial charge in [0, 0.05) is 7.11 Å². The van der Waals surface area contributed by atoms with Gasteiger partial charge in [0.25, 0.3) is 0 Å². The maximum atomic E-state index is 14.3. The molecule has 10 unspecified atom stereocenters. The van der Waals surface area contributed by atoms with Gasteiger partial charge in [-0.2, -0.15) is 0 Å². The number of aliphatic hydroxyl groups is 5. The van der Waals surface area contributed by atoms with Crippen LogP contribution in [0.2, 0.25) is 0 Å². The van der Waals surface area contributed by atoms with E-state index in [1.165, 1.54) is 7.11 Å². The van der Waals surface area contributed by atoms with Crippen molar-refractivity contribution in [2.45, 2.75) is 61.5 Å². The third-order valence-electron chi connectivity index (χ3n) is 4.40. The van der Waals surface area contributed by atoms with Crippen molar-refractivity contribution in [2.75, 3.05) is 20.3 Å². The first kappa shape index (κ1) is 24.0. The summed E-state index contributed by atoms with van der Waals surface area (Å²) in [4.78, 5) is 17.4. The van der Waals surface area contributed by atoms with Gasteiger partial charge in [-0.15, -0.1) is 0 Å². The highest BCUT2D eigenvalue weighted by molar-refractivity contribution is 7.46. The van der Waals surface area contributed by atoms with Gasteiger partial charge < -0.3 is 54.3 Å². The fraction of sp³-hybridized carbons (Fsp3) is 1.00. The number of alkyl halides is 1. The lowest BCUT2D eigenvalue weighted by Gasteiger charge is -2.44. The standard InChI is InChI=1S/C13H24FO13P/c1-23-11-8(17)4(2-15)25-13(10(11)19)27-12-6(14)9(18)7(16)5(26-12)3-24-28(20,21)22/h4-13,15-19H,2-3H2,1H3,(H2,20,21,22). The lowest BCUT2D eigenvalue weighted by molar-refractivity contribution is -0.371. The Morgan fingerprint density at radius 2 is 1.57 bits per heavy atom. The Kier molecular flexibility index (Phi) is 8.26. The van der Waals surface area contributed by atoms with Crippen molar-refractivity contribution < 1.29 is 67.7 Å². The number of phosphoric ester groups is 1. The zero-order chi connectivity index (χ0) is 21.2. The highest BCUT2D eigenvalue weighted by Gasteiger charge is 2.51. The van der Waals surface area contributed by atoms with Gasteiger partial charge in [-0.3, -0.25) is 4.52 Å². The quantitative estimate of drug-likeness (QED) is 0.192. The summed E-state index contributed by atoms with van der Waals surface area (Å²) in [5.74, 6) is 0. The summed E-state index contributed by atoms with van der Waals surface area (Å²) < 4.78 is 49.6. The Bertz CT molecular complexity index is 549. The highest BCUT2D eigenvalue weighted by Crippen LogP contribution is 2.37. The van der Waals surface area contributed by atoms with Gasteiger partial charge in [0.05, 0.1) is 13.2 Å². The first-order chi connectivity index (χ1) is 13.0. The van der Waals surface area contributed by atoms with Crippen molar-refractivity contribution in [1.82, 2.24) is 0 Å². The molecule has 7 N–H and O–H groups in total. The van der Waals surface area contributed by atoms with Gasteiger partial charge in [0.2, 0.25) is 0 Å². The van der Waals surface area contributed by atoms with E-state index in [0.717, 1.165) is 0 Å². The second kappa shape index (κ2) is 9.66. The normalized spacial score (nSPS) is 45.2. The van der Waals surface area contributed by atoms with Gasteiger partial charge in [-0.25, -0.2) is 8.96 Å². The van der Waals surface area contributed by atoms with E-state index in [4.69, 9.17) is 28.7 Å². The molecule has 0 aromatic rings. The van der Waals surface area contributed by atoms with Crippen LogP contribution in [-0.4, -0.2) is 117 Å². The molecule has 2 heterocycles. The third-order valence-corrected chi connectivity index (χ3v) is 4.88. The summed E-state index contributed by atoms with van der Waals surface area (Å²) in [5.41, 5.74) is 0. The highest BCUT2D eigenvalue weighted by atomic mass is 31.2. The molecule has 0 spiro atoms. The average molecular weight is 438 g/mol. The summed E-state index contributed by atoms with van der Waals surface area (Å²) in [6.45, 7) is -1.58. The molecule has 2 saturated heterocycles. The molecule has 0 bridgehead atoms. The molecule has 2 aliphatic rings. The second-order valence-corrected chi connectivity index (χ2v) is 7.54. The molecule has 2 fully saturated rings. The van der Waals surface area contributed by atoms with Crippen LogP contribution in [-0.2, 0) is 28.0 Å². The zero-order valence-electron chi connectivity index (χ0n) is 14.6. The molecule has 0 aromatic heterocycles. The minimum atomic E-state index is -4.93. The molecule has 0 amide bonds. The first-order valence-corrected chi connectivity index (χ1v) is 9.69. The summed E-state index contributed by atoms with van der Waals surface area (Å²) >= 11 is 0. The summed E-state index contributed by atoms with van der Waals surface area (Å²) in [7, 11) is -3.77. The number of aliphatic hydroxyl groups excluding tert-OH is 5. The molecule has 2 aliphatic heterocycles. The van der Waals surface area contributed by atoms with Crippen molar-refractivity contribution in [3.05, 3.63) is 0 Å². The van der Waals surface area contributed by atoms with Crippen LogP contribution >= 0.6 is 7.82 Å². The van der Waals surface area contributed by atoms with E-state index in [0.29, 0.717) is 0 Å². The molecule has 15 heteroatoms. The Morgan fingerprint density at radius 1 is 0.964 bits per heavy atom. The van der Waals surface area contributed by atoms with E-state index in [-0.39, 0.29) is 0 Å². The van der Waals surface area contributed by atoms with Crippen molar-refractivity contribution >= 4 is 7.82 Å². The van der Waals surface area contributed by atoms with Crippen molar-refractivity contribution in [3.63, 3.8) is 0 Å². The predicted octanol–water partition coefficient (Wildman–Crippen LogP) is -3.65. The van der Waals surface area contributed by atoms with E-state index in [1.807, 2.05) is 0 Å². The van der Waals surface area contributed by atoms with Crippen molar-refractivity contribution in [2.24, 2.45) is 0 Å². The fourth-order valence-electron chi connectivity index (χ4n) is 2.89.